The van der Waals surface area contributed by atoms with Gasteiger partial charge in [0.05, 0.1) is 16.1 Å². The maximum atomic E-state index is 10.8. The first-order valence-corrected chi connectivity index (χ1v) is 5.76. The van der Waals surface area contributed by atoms with Crippen LogP contribution in [0, 0.1) is 0 Å². The lowest BCUT2D eigenvalue weighted by Crippen LogP contribution is -2.44. The van der Waals surface area contributed by atoms with Gasteiger partial charge in [-0.3, -0.25) is 10.1 Å². The van der Waals surface area contributed by atoms with Crippen LogP contribution in [0.25, 0.3) is 0 Å². The summed E-state index contributed by atoms with van der Waals surface area (Å²) < 4.78 is 0. The minimum atomic E-state index is -1.11. The Kier molecular flexibility index (Phi) is 5.21. The molecule has 4 nitrogen and oxygen atoms in total. The summed E-state index contributed by atoms with van der Waals surface area (Å²) in [6.07, 6.45) is -0.995. The lowest BCUT2D eigenvalue weighted by atomic mass is 10.1. The fourth-order valence-corrected chi connectivity index (χ4v) is 1.76. The Hall–Kier alpha value is -0.810. The Morgan fingerprint density at radius 1 is 1.47 bits per heavy atom. The lowest BCUT2D eigenvalue weighted by Gasteiger charge is -2.17. The molecule has 0 aromatic heterocycles. The molecule has 0 amide bonds. The molecular formula is C11H13Cl2NO3. The summed E-state index contributed by atoms with van der Waals surface area (Å²) in [6, 6.07) is 4.08. The number of carboxylic acids is 1. The summed E-state index contributed by atoms with van der Waals surface area (Å²) in [5.74, 6) is -1.11. The van der Waals surface area contributed by atoms with E-state index in [9.17, 15) is 9.90 Å². The normalized spacial score (nSPS) is 14.4. The summed E-state index contributed by atoms with van der Waals surface area (Å²) in [4.78, 5) is 10.8. The van der Waals surface area contributed by atoms with E-state index >= 15 is 0 Å². The largest absolute Gasteiger partial charge is 0.480 e. The van der Waals surface area contributed by atoms with E-state index in [1.165, 1.54) is 6.92 Å². The Labute approximate surface area is 109 Å². The van der Waals surface area contributed by atoms with Gasteiger partial charge in [-0.1, -0.05) is 35.3 Å². The molecule has 0 heterocycles. The molecule has 1 aromatic carbocycles. The molecule has 0 saturated heterocycles. The topological polar surface area (TPSA) is 69.6 Å². The second-order valence-corrected chi connectivity index (χ2v) is 4.44. The quantitative estimate of drug-likeness (QED) is 0.769. The predicted octanol–water partition coefficient (Wildman–Crippen LogP) is 1.92. The van der Waals surface area contributed by atoms with E-state index in [4.69, 9.17) is 28.3 Å². The highest BCUT2D eigenvalue weighted by molar-refractivity contribution is 6.42. The first-order valence-electron chi connectivity index (χ1n) is 5.00. The molecule has 1 rings (SSSR count). The second kappa shape index (κ2) is 6.21. The van der Waals surface area contributed by atoms with Crippen molar-refractivity contribution in [3.8, 4) is 0 Å². The van der Waals surface area contributed by atoms with Gasteiger partial charge < -0.3 is 10.2 Å². The zero-order chi connectivity index (χ0) is 13.0. The Balaban J connectivity index is 2.72. The van der Waals surface area contributed by atoms with E-state index in [2.05, 4.69) is 5.32 Å². The highest BCUT2D eigenvalue weighted by Gasteiger charge is 2.22. The molecule has 6 heteroatoms. The van der Waals surface area contributed by atoms with Crippen LogP contribution in [0.3, 0.4) is 0 Å². The second-order valence-electron chi connectivity index (χ2n) is 3.65. The van der Waals surface area contributed by atoms with Crippen molar-refractivity contribution < 1.29 is 15.0 Å². The van der Waals surface area contributed by atoms with Crippen molar-refractivity contribution in [1.82, 2.24) is 5.32 Å². The third kappa shape index (κ3) is 3.85. The van der Waals surface area contributed by atoms with Crippen molar-refractivity contribution in [1.29, 1.82) is 0 Å². The van der Waals surface area contributed by atoms with Crippen LogP contribution in [-0.2, 0) is 11.3 Å². The molecule has 0 saturated carbocycles. The zero-order valence-corrected chi connectivity index (χ0v) is 10.7. The number of benzene rings is 1. The van der Waals surface area contributed by atoms with Gasteiger partial charge in [-0.15, -0.1) is 0 Å². The molecule has 1 aromatic rings. The molecule has 0 aliphatic heterocycles. The molecule has 0 fully saturated rings. The molecule has 0 aliphatic carbocycles. The molecule has 0 aliphatic rings. The standard InChI is InChI=1S/C11H13Cl2NO3/c1-6(15)10(11(16)17)14-5-7-3-2-4-8(12)9(7)13/h2-4,6,10,14-15H,5H2,1H3,(H,16,17). The lowest BCUT2D eigenvalue weighted by molar-refractivity contribution is -0.142. The summed E-state index contributed by atoms with van der Waals surface area (Å²) in [5, 5.41) is 21.7. The monoisotopic (exact) mass is 277 g/mol. The summed E-state index contributed by atoms with van der Waals surface area (Å²) in [6.45, 7) is 1.63. The third-order valence-corrected chi connectivity index (χ3v) is 3.15. The Morgan fingerprint density at radius 3 is 2.65 bits per heavy atom. The average Bonchev–Trinajstić information content (AvgIpc) is 2.23. The molecule has 0 bridgehead atoms. The van der Waals surface area contributed by atoms with Crippen molar-refractivity contribution >= 4 is 29.2 Å². The van der Waals surface area contributed by atoms with Crippen LogP contribution in [0.5, 0.6) is 0 Å². The van der Waals surface area contributed by atoms with Gasteiger partial charge in [0.1, 0.15) is 6.04 Å². The molecule has 3 N–H and O–H groups in total. The first-order chi connectivity index (χ1) is 7.93. The Morgan fingerprint density at radius 2 is 2.12 bits per heavy atom. The van der Waals surface area contributed by atoms with Crippen molar-refractivity contribution in [3.63, 3.8) is 0 Å². The number of aliphatic hydroxyl groups is 1. The SMILES string of the molecule is CC(O)C(NCc1cccc(Cl)c1Cl)C(=O)O. The number of rotatable bonds is 5. The van der Waals surface area contributed by atoms with Crippen molar-refractivity contribution in [2.24, 2.45) is 0 Å². The van der Waals surface area contributed by atoms with E-state index in [0.29, 0.717) is 15.6 Å². The smallest absolute Gasteiger partial charge is 0.323 e. The number of aliphatic carboxylic acids is 1. The van der Waals surface area contributed by atoms with E-state index in [1.807, 2.05) is 0 Å². The maximum Gasteiger partial charge on any atom is 0.323 e. The number of carbonyl (C=O) groups is 1. The van der Waals surface area contributed by atoms with Crippen molar-refractivity contribution in [2.45, 2.75) is 25.6 Å². The van der Waals surface area contributed by atoms with E-state index in [-0.39, 0.29) is 6.54 Å². The van der Waals surface area contributed by atoms with E-state index < -0.39 is 18.1 Å². The highest BCUT2D eigenvalue weighted by atomic mass is 35.5. The molecule has 0 spiro atoms. The van der Waals surface area contributed by atoms with Crippen LogP contribution in [0.15, 0.2) is 18.2 Å². The predicted molar refractivity (Wildman–Crippen MR) is 66.4 cm³/mol. The molecule has 94 valence electrons. The number of halogens is 2. The third-order valence-electron chi connectivity index (χ3n) is 2.29. The molecular weight excluding hydrogens is 265 g/mol. The molecule has 17 heavy (non-hydrogen) atoms. The molecule has 2 atom stereocenters. The summed E-state index contributed by atoms with van der Waals surface area (Å²) in [5.41, 5.74) is 0.686. The summed E-state index contributed by atoms with van der Waals surface area (Å²) in [7, 11) is 0. The minimum Gasteiger partial charge on any atom is -0.480 e. The number of aliphatic hydroxyl groups excluding tert-OH is 1. The van der Waals surface area contributed by atoms with E-state index in [1.54, 1.807) is 18.2 Å². The van der Waals surface area contributed by atoms with Gasteiger partial charge in [0.25, 0.3) is 0 Å². The van der Waals surface area contributed by atoms with Gasteiger partial charge >= 0.3 is 5.97 Å². The van der Waals surface area contributed by atoms with Crippen molar-refractivity contribution in [3.05, 3.63) is 33.8 Å². The fourth-order valence-electron chi connectivity index (χ4n) is 1.37. The van der Waals surface area contributed by atoms with Crippen LogP contribution in [0.4, 0.5) is 0 Å². The number of hydrogen-bond acceptors (Lipinski definition) is 3. The molecule has 2 unspecified atom stereocenters. The fraction of sp³-hybridized carbons (Fsp3) is 0.364. The van der Waals surface area contributed by atoms with Crippen LogP contribution < -0.4 is 5.32 Å². The summed E-state index contributed by atoms with van der Waals surface area (Å²) >= 11 is 11.8. The van der Waals surface area contributed by atoms with Crippen LogP contribution >= 0.6 is 23.2 Å². The number of hydrogen-bond donors (Lipinski definition) is 3. The Bertz CT molecular complexity index is 410. The highest BCUT2D eigenvalue weighted by Crippen LogP contribution is 2.25. The first kappa shape index (κ1) is 14.3. The van der Waals surface area contributed by atoms with Gasteiger partial charge in [-0.05, 0) is 18.6 Å². The van der Waals surface area contributed by atoms with Gasteiger partial charge in [0, 0.05) is 6.54 Å². The van der Waals surface area contributed by atoms with Crippen LogP contribution in [0.2, 0.25) is 10.0 Å². The maximum absolute atomic E-state index is 10.8. The van der Waals surface area contributed by atoms with E-state index in [0.717, 1.165) is 0 Å². The van der Waals surface area contributed by atoms with Gasteiger partial charge in [-0.2, -0.15) is 0 Å². The number of nitrogens with one attached hydrogen (secondary N) is 1. The van der Waals surface area contributed by atoms with Crippen molar-refractivity contribution in [2.75, 3.05) is 0 Å². The van der Waals surface area contributed by atoms with Crippen LogP contribution in [-0.4, -0.2) is 28.3 Å². The van der Waals surface area contributed by atoms with Crippen LogP contribution in [0.1, 0.15) is 12.5 Å². The minimum absolute atomic E-state index is 0.223. The van der Waals surface area contributed by atoms with Gasteiger partial charge in [-0.25, -0.2) is 0 Å². The van der Waals surface area contributed by atoms with Gasteiger partial charge in [0.15, 0.2) is 0 Å². The molecule has 0 radical (unpaired) electrons. The zero-order valence-electron chi connectivity index (χ0n) is 9.15. The van der Waals surface area contributed by atoms with Gasteiger partial charge in [0.2, 0.25) is 0 Å². The number of carboxylic acid groups (broad SMARTS) is 1. The average molecular weight is 278 g/mol.